The summed E-state index contributed by atoms with van der Waals surface area (Å²) >= 11 is 5.93. The Bertz CT molecular complexity index is 597. The second-order valence-corrected chi connectivity index (χ2v) is 6.48. The number of benzene rings is 1. The average molecular weight is 304 g/mol. The molecule has 0 spiro atoms. The molecule has 0 radical (unpaired) electrons. The number of rotatable bonds is 2. The number of amides is 1. The first-order valence-corrected chi connectivity index (χ1v) is 7.51. The summed E-state index contributed by atoms with van der Waals surface area (Å²) in [4.78, 5) is 11.4. The zero-order chi connectivity index (χ0) is 14.2. The predicted octanol–water partition coefficient (Wildman–Crippen LogP) is 0.431. The van der Waals surface area contributed by atoms with Crippen LogP contribution in [0.4, 0.5) is 5.69 Å². The number of piperazine rings is 1. The Labute approximate surface area is 116 Å². The molecule has 104 valence electrons. The monoisotopic (exact) mass is 303 g/mol. The van der Waals surface area contributed by atoms with Crippen LogP contribution in [0.5, 0.6) is 0 Å². The molecule has 0 aliphatic carbocycles. The van der Waals surface area contributed by atoms with Gasteiger partial charge in [0.15, 0.2) is 0 Å². The van der Waals surface area contributed by atoms with Crippen LogP contribution < -0.4 is 11.1 Å². The van der Waals surface area contributed by atoms with Crippen LogP contribution in [0, 0.1) is 0 Å². The zero-order valence-corrected chi connectivity index (χ0v) is 11.8. The standard InChI is InChI=1S/C11H14ClN3O3S/c1-7-11(16)14-5-6-15(7)19(17,18)10-8(12)3-2-4-9(10)13/h2-4,7H,5-6,13H2,1H3,(H,14,16). The highest BCUT2D eigenvalue weighted by atomic mass is 35.5. The Morgan fingerprint density at radius 2 is 2.16 bits per heavy atom. The van der Waals surface area contributed by atoms with Gasteiger partial charge < -0.3 is 11.1 Å². The van der Waals surface area contributed by atoms with Crippen molar-refractivity contribution in [1.29, 1.82) is 0 Å². The van der Waals surface area contributed by atoms with E-state index >= 15 is 0 Å². The molecule has 1 aliphatic rings. The third-order valence-electron chi connectivity index (χ3n) is 3.01. The summed E-state index contributed by atoms with van der Waals surface area (Å²) in [5, 5.41) is 2.66. The molecule has 1 unspecified atom stereocenters. The van der Waals surface area contributed by atoms with E-state index in [1.807, 2.05) is 0 Å². The van der Waals surface area contributed by atoms with Crippen LogP contribution >= 0.6 is 11.6 Å². The lowest BCUT2D eigenvalue weighted by molar-refractivity contribution is -0.126. The Hall–Kier alpha value is -1.31. The lowest BCUT2D eigenvalue weighted by Crippen LogP contribution is -2.55. The SMILES string of the molecule is CC1C(=O)NCCN1S(=O)(=O)c1c(N)cccc1Cl. The molecule has 1 fully saturated rings. The lowest BCUT2D eigenvalue weighted by Gasteiger charge is -2.32. The number of anilines is 1. The van der Waals surface area contributed by atoms with Crippen LogP contribution in [0.2, 0.25) is 5.02 Å². The van der Waals surface area contributed by atoms with Gasteiger partial charge in [-0.15, -0.1) is 0 Å². The van der Waals surface area contributed by atoms with E-state index in [1.165, 1.54) is 19.1 Å². The molecule has 3 N–H and O–H groups in total. The van der Waals surface area contributed by atoms with Gasteiger partial charge in [0.1, 0.15) is 10.9 Å². The fourth-order valence-corrected chi connectivity index (χ4v) is 4.24. The molecule has 1 saturated heterocycles. The number of nitrogens with two attached hydrogens (primary N) is 1. The molecule has 1 aliphatic heterocycles. The van der Waals surface area contributed by atoms with Crippen molar-refractivity contribution in [3.8, 4) is 0 Å². The highest BCUT2D eigenvalue weighted by Crippen LogP contribution is 2.31. The number of carbonyl (C=O) groups is 1. The minimum absolute atomic E-state index is 0.0539. The number of nitrogens with zero attached hydrogens (tertiary/aromatic N) is 1. The van der Waals surface area contributed by atoms with Crippen LogP contribution in [0.25, 0.3) is 0 Å². The van der Waals surface area contributed by atoms with Gasteiger partial charge in [-0.05, 0) is 19.1 Å². The van der Waals surface area contributed by atoms with Crippen molar-refractivity contribution in [2.24, 2.45) is 0 Å². The van der Waals surface area contributed by atoms with Gasteiger partial charge in [-0.25, -0.2) is 8.42 Å². The van der Waals surface area contributed by atoms with E-state index in [9.17, 15) is 13.2 Å². The summed E-state index contributed by atoms with van der Waals surface area (Å²) in [6.45, 7) is 1.99. The topological polar surface area (TPSA) is 92.5 Å². The summed E-state index contributed by atoms with van der Waals surface area (Å²) < 4.78 is 26.2. The highest BCUT2D eigenvalue weighted by Gasteiger charge is 2.37. The van der Waals surface area contributed by atoms with E-state index < -0.39 is 16.1 Å². The maximum absolute atomic E-state index is 12.6. The predicted molar refractivity (Wildman–Crippen MR) is 72.2 cm³/mol. The maximum atomic E-state index is 12.6. The molecule has 1 atom stereocenters. The number of hydrogen-bond donors (Lipinski definition) is 2. The molecule has 0 aromatic heterocycles. The molecule has 1 heterocycles. The molecule has 2 rings (SSSR count). The van der Waals surface area contributed by atoms with E-state index in [2.05, 4.69) is 5.32 Å². The quantitative estimate of drug-likeness (QED) is 0.775. The van der Waals surface area contributed by atoms with Gasteiger partial charge in [-0.1, -0.05) is 17.7 Å². The van der Waals surface area contributed by atoms with Crippen molar-refractivity contribution < 1.29 is 13.2 Å². The van der Waals surface area contributed by atoms with Gasteiger partial charge in [0.25, 0.3) is 0 Å². The largest absolute Gasteiger partial charge is 0.398 e. The minimum Gasteiger partial charge on any atom is -0.398 e. The van der Waals surface area contributed by atoms with Crippen LogP contribution in [0.15, 0.2) is 23.1 Å². The Kier molecular flexibility index (Phi) is 3.71. The third kappa shape index (κ3) is 2.41. The summed E-state index contributed by atoms with van der Waals surface area (Å²) in [5.41, 5.74) is 5.78. The number of carbonyl (C=O) groups excluding carboxylic acids is 1. The molecule has 19 heavy (non-hydrogen) atoms. The molecule has 1 aromatic carbocycles. The second-order valence-electron chi connectivity index (χ2n) is 4.24. The first-order valence-electron chi connectivity index (χ1n) is 5.69. The van der Waals surface area contributed by atoms with Crippen molar-refractivity contribution in [3.05, 3.63) is 23.2 Å². The van der Waals surface area contributed by atoms with E-state index in [4.69, 9.17) is 17.3 Å². The number of nitrogens with one attached hydrogen (secondary N) is 1. The Balaban J connectivity index is 2.51. The van der Waals surface area contributed by atoms with Gasteiger partial charge in [0, 0.05) is 13.1 Å². The maximum Gasteiger partial charge on any atom is 0.247 e. The number of sulfonamides is 1. The van der Waals surface area contributed by atoms with Crippen molar-refractivity contribution in [1.82, 2.24) is 9.62 Å². The van der Waals surface area contributed by atoms with Gasteiger partial charge in [-0.2, -0.15) is 4.31 Å². The van der Waals surface area contributed by atoms with Crippen LogP contribution in [0.1, 0.15) is 6.92 Å². The van der Waals surface area contributed by atoms with E-state index in [-0.39, 0.29) is 34.6 Å². The summed E-state index contributed by atoms with van der Waals surface area (Å²) in [7, 11) is -3.89. The normalized spacial score (nSPS) is 21.2. The van der Waals surface area contributed by atoms with Gasteiger partial charge in [0.05, 0.1) is 10.7 Å². The summed E-state index contributed by atoms with van der Waals surface area (Å²) in [5.74, 6) is -0.333. The summed E-state index contributed by atoms with van der Waals surface area (Å²) in [6.07, 6.45) is 0. The molecule has 1 aromatic rings. The average Bonchev–Trinajstić information content (AvgIpc) is 2.32. The Morgan fingerprint density at radius 1 is 1.47 bits per heavy atom. The molecular weight excluding hydrogens is 290 g/mol. The van der Waals surface area contributed by atoms with Crippen molar-refractivity contribution >= 4 is 33.2 Å². The fourth-order valence-electron chi connectivity index (χ4n) is 2.00. The zero-order valence-electron chi connectivity index (χ0n) is 10.3. The molecule has 0 saturated carbocycles. The fraction of sp³-hybridized carbons (Fsp3) is 0.364. The van der Waals surface area contributed by atoms with Crippen LogP contribution in [-0.4, -0.2) is 37.8 Å². The third-order valence-corrected chi connectivity index (χ3v) is 5.52. The van der Waals surface area contributed by atoms with Crippen LogP contribution in [-0.2, 0) is 14.8 Å². The molecule has 8 heteroatoms. The molecular formula is C11H14ClN3O3S. The van der Waals surface area contributed by atoms with Crippen LogP contribution in [0.3, 0.4) is 0 Å². The smallest absolute Gasteiger partial charge is 0.247 e. The first kappa shape index (κ1) is 14.1. The molecule has 6 nitrogen and oxygen atoms in total. The Morgan fingerprint density at radius 3 is 2.79 bits per heavy atom. The van der Waals surface area contributed by atoms with E-state index in [1.54, 1.807) is 6.07 Å². The van der Waals surface area contributed by atoms with Crippen molar-refractivity contribution in [3.63, 3.8) is 0 Å². The molecule has 0 bridgehead atoms. The van der Waals surface area contributed by atoms with Gasteiger partial charge >= 0.3 is 0 Å². The van der Waals surface area contributed by atoms with Gasteiger partial charge in [0.2, 0.25) is 15.9 Å². The minimum atomic E-state index is -3.89. The lowest BCUT2D eigenvalue weighted by atomic mass is 10.2. The number of nitrogen functional groups attached to an aromatic ring is 1. The summed E-state index contributed by atoms with van der Waals surface area (Å²) in [6, 6.07) is 3.71. The highest BCUT2D eigenvalue weighted by molar-refractivity contribution is 7.89. The number of hydrogen-bond acceptors (Lipinski definition) is 4. The van der Waals surface area contributed by atoms with Gasteiger partial charge in [-0.3, -0.25) is 4.79 Å². The second kappa shape index (κ2) is 4.99. The number of halogens is 1. The van der Waals surface area contributed by atoms with Crippen molar-refractivity contribution in [2.45, 2.75) is 17.9 Å². The van der Waals surface area contributed by atoms with Crippen molar-refractivity contribution in [2.75, 3.05) is 18.8 Å². The van der Waals surface area contributed by atoms with E-state index in [0.29, 0.717) is 0 Å². The molecule has 1 amide bonds. The first-order chi connectivity index (χ1) is 8.85. The van der Waals surface area contributed by atoms with E-state index in [0.717, 1.165) is 4.31 Å².